The number of rotatable bonds is 29. The van der Waals surface area contributed by atoms with E-state index in [2.05, 4.69) is 26.1 Å². The Labute approximate surface area is 416 Å². The summed E-state index contributed by atoms with van der Waals surface area (Å²) in [6.07, 6.45) is 0.944. The number of aliphatic hydroxyl groups is 1. The average Bonchev–Trinajstić information content (AvgIpc) is 3.75. The van der Waals surface area contributed by atoms with Gasteiger partial charge in [-0.25, -0.2) is 9.59 Å². The van der Waals surface area contributed by atoms with Crippen LogP contribution in [0.25, 0.3) is 0 Å². The molecule has 2 saturated carbocycles. The summed E-state index contributed by atoms with van der Waals surface area (Å²) < 4.78 is 70.1. The summed E-state index contributed by atoms with van der Waals surface area (Å²) in [5.41, 5.74) is 0.291. The molecule has 2 aliphatic heterocycles. The van der Waals surface area contributed by atoms with Crippen LogP contribution in [0.3, 0.4) is 0 Å². The van der Waals surface area contributed by atoms with Crippen molar-refractivity contribution in [1.82, 2.24) is 5.32 Å². The summed E-state index contributed by atoms with van der Waals surface area (Å²) in [5.74, 6) is -2.66. The fraction of sp³-hybridized carbons (Fsp3) is 0.811. The van der Waals surface area contributed by atoms with Gasteiger partial charge in [0.1, 0.15) is 49.3 Å². The summed E-state index contributed by atoms with van der Waals surface area (Å²) in [6, 6.07) is 7.20. The Morgan fingerprint density at radius 1 is 0.729 bits per heavy atom. The van der Waals surface area contributed by atoms with E-state index < -0.39 is 116 Å². The molecule has 17 nitrogen and oxygen atoms in total. The quantitative estimate of drug-likeness (QED) is 0.0465. The van der Waals surface area contributed by atoms with Crippen molar-refractivity contribution in [3.05, 3.63) is 35.9 Å². The largest absolute Gasteiger partial charge is 0.469 e. The van der Waals surface area contributed by atoms with Crippen molar-refractivity contribution in [3.8, 4) is 0 Å². The van der Waals surface area contributed by atoms with E-state index in [0.29, 0.717) is 38.2 Å². The van der Waals surface area contributed by atoms with Gasteiger partial charge in [-0.05, 0) is 69.9 Å². The van der Waals surface area contributed by atoms with Crippen LogP contribution in [0, 0.1) is 11.8 Å². The maximum absolute atomic E-state index is 13.9. The van der Waals surface area contributed by atoms with Gasteiger partial charge in [-0.3, -0.25) is 9.59 Å². The second kappa shape index (κ2) is 30.7. The lowest BCUT2D eigenvalue weighted by Crippen LogP contribution is -2.67. The van der Waals surface area contributed by atoms with E-state index in [1.807, 2.05) is 13.8 Å². The molecular formula is C53H85NO16. The van der Waals surface area contributed by atoms with E-state index in [9.17, 15) is 24.3 Å². The maximum atomic E-state index is 13.9. The lowest BCUT2D eigenvalue weighted by molar-refractivity contribution is -0.337. The fourth-order valence-electron chi connectivity index (χ4n) is 9.79. The van der Waals surface area contributed by atoms with Gasteiger partial charge in [-0.1, -0.05) is 104 Å². The molecular weight excluding hydrogens is 907 g/mol. The molecule has 398 valence electrons. The fourth-order valence-corrected chi connectivity index (χ4v) is 9.79. The lowest BCUT2D eigenvalue weighted by Gasteiger charge is -2.47. The number of esters is 3. The molecule has 0 bridgehead atoms. The second-order valence-electron chi connectivity index (χ2n) is 19.4. The molecule has 2 heterocycles. The predicted octanol–water partition coefficient (Wildman–Crippen LogP) is 7.16. The Balaban J connectivity index is 1.50. The van der Waals surface area contributed by atoms with Crippen molar-refractivity contribution < 1.29 is 76.4 Å². The highest BCUT2D eigenvalue weighted by Crippen LogP contribution is 2.39. The molecule has 14 atom stereocenters. The Kier molecular flexibility index (Phi) is 25.3. The van der Waals surface area contributed by atoms with Crippen molar-refractivity contribution in [2.75, 3.05) is 40.1 Å². The molecule has 0 radical (unpaired) electrons. The molecule has 1 amide bonds. The van der Waals surface area contributed by atoms with Crippen molar-refractivity contribution in [2.24, 2.45) is 11.8 Å². The number of hydrogen-bond acceptors (Lipinski definition) is 16. The first-order chi connectivity index (χ1) is 33.9. The number of aliphatic hydroxyl groups excluding tert-OH is 1. The third-order valence-corrected chi connectivity index (χ3v) is 13.8. The average molecular weight is 992 g/mol. The molecule has 5 rings (SSSR count). The van der Waals surface area contributed by atoms with Crippen LogP contribution in [-0.2, 0) is 66.5 Å². The molecule has 70 heavy (non-hydrogen) atoms. The van der Waals surface area contributed by atoms with Crippen LogP contribution in [0.2, 0.25) is 0 Å². The molecule has 6 unspecified atom stereocenters. The van der Waals surface area contributed by atoms with Crippen molar-refractivity contribution in [2.45, 2.75) is 224 Å². The minimum Gasteiger partial charge on any atom is -0.469 e. The highest BCUT2D eigenvalue weighted by molar-refractivity contribution is 5.89. The van der Waals surface area contributed by atoms with E-state index >= 15 is 0 Å². The molecule has 1 aromatic rings. The first-order valence-electron chi connectivity index (χ1n) is 26.5. The molecule has 4 fully saturated rings. The van der Waals surface area contributed by atoms with Crippen LogP contribution in [0.15, 0.2) is 30.3 Å². The minimum atomic E-state index is -1.54. The van der Waals surface area contributed by atoms with E-state index in [-0.39, 0.29) is 25.4 Å². The number of methoxy groups -OCH3 is 1. The van der Waals surface area contributed by atoms with Crippen LogP contribution < -0.4 is 5.32 Å². The summed E-state index contributed by atoms with van der Waals surface area (Å²) in [7, 11) is 1.32. The van der Waals surface area contributed by atoms with Crippen LogP contribution >= 0.6 is 0 Å². The molecule has 0 aromatic heterocycles. The number of unbranched alkanes of at least 4 members (excludes halogenated alkanes) is 4. The van der Waals surface area contributed by atoms with Gasteiger partial charge in [0.15, 0.2) is 18.7 Å². The van der Waals surface area contributed by atoms with Gasteiger partial charge in [-0.15, -0.1) is 0 Å². The smallest absolute Gasteiger partial charge is 0.338 e. The van der Waals surface area contributed by atoms with Gasteiger partial charge < -0.3 is 62.5 Å². The summed E-state index contributed by atoms with van der Waals surface area (Å²) in [4.78, 5) is 53.8. The number of carbonyl (C=O) groups excluding carboxylic acids is 4. The van der Waals surface area contributed by atoms with Crippen LogP contribution in [0.1, 0.15) is 155 Å². The topological polar surface area (TPSA) is 202 Å². The Morgan fingerprint density at radius 3 is 1.91 bits per heavy atom. The number of benzene rings is 1. The molecule has 1 aromatic carbocycles. The highest BCUT2D eigenvalue weighted by Gasteiger charge is 2.54. The van der Waals surface area contributed by atoms with Gasteiger partial charge in [-0.2, -0.15) is 0 Å². The first-order valence-corrected chi connectivity index (χ1v) is 26.5. The van der Waals surface area contributed by atoms with Gasteiger partial charge in [0.25, 0.3) is 0 Å². The summed E-state index contributed by atoms with van der Waals surface area (Å²) in [5, 5.41) is 15.1. The summed E-state index contributed by atoms with van der Waals surface area (Å²) in [6.45, 7) is 12.7. The van der Waals surface area contributed by atoms with Gasteiger partial charge in [0.2, 0.25) is 5.91 Å². The number of ether oxygens (including phenoxy) is 11. The Hall–Kier alpha value is -3.26. The number of nitrogens with one attached hydrogen (secondary N) is 1. The van der Waals surface area contributed by atoms with Gasteiger partial charge >= 0.3 is 17.9 Å². The zero-order valence-electron chi connectivity index (χ0n) is 43.0. The van der Waals surface area contributed by atoms with Crippen LogP contribution in [-0.4, -0.2) is 149 Å². The maximum Gasteiger partial charge on any atom is 0.338 e. The summed E-state index contributed by atoms with van der Waals surface area (Å²) >= 11 is 0. The van der Waals surface area contributed by atoms with E-state index in [4.69, 9.17) is 52.1 Å². The highest BCUT2D eigenvalue weighted by atomic mass is 16.7. The van der Waals surface area contributed by atoms with E-state index in [0.717, 1.165) is 77.0 Å². The Morgan fingerprint density at radius 2 is 1.31 bits per heavy atom. The molecule has 17 heteroatoms. The van der Waals surface area contributed by atoms with Gasteiger partial charge in [0, 0.05) is 26.7 Å². The van der Waals surface area contributed by atoms with Crippen LogP contribution in [0.4, 0.5) is 0 Å². The third-order valence-electron chi connectivity index (χ3n) is 13.8. The monoisotopic (exact) mass is 992 g/mol. The van der Waals surface area contributed by atoms with E-state index in [1.165, 1.54) is 14.0 Å². The minimum absolute atomic E-state index is 0.128. The molecule has 4 aliphatic rings. The molecule has 0 spiro atoms. The Bertz CT molecular complexity index is 1680. The van der Waals surface area contributed by atoms with E-state index in [1.54, 1.807) is 30.3 Å². The van der Waals surface area contributed by atoms with Crippen molar-refractivity contribution in [1.29, 1.82) is 0 Å². The second-order valence-corrected chi connectivity index (χ2v) is 19.4. The number of hydrogen-bond donors (Lipinski definition) is 2. The predicted molar refractivity (Wildman–Crippen MR) is 257 cm³/mol. The first kappa shape index (κ1) is 57.6. The standard InChI is InChI=1S/C53H85NO16/c1-8-12-26-61-45-34(5)66-53(48(63-28-14-10-3)47(45)62-27-13-9-2)69-40-32-38(49(57)60-7)31-39(40)68-52-43(54-35(6)55)46(44(56)42(70-52)33-65-50(58)37-24-20-17-21-25-37)67-41(51(59)64-29-15-11-4)30-36-22-18-16-19-23-36/h17,20-21,24-25,34,36,38-48,52-53,56H,8-16,18-19,22-23,26-33H2,1-7H3,(H,54,55)/t34-,38?,39+,40?,41-,42-,43?,44-,45?,46?,47-,48-,52+,53?/m0/s1. The molecule has 2 saturated heterocycles. The van der Waals surface area contributed by atoms with Gasteiger partial charge in [0.05, 0.1) is 43.5 Å². The zero-order chi connectivity index (χ0) is 50.4. The SMILES string of the molecule is CCCCOC(=O)[C@H](CC1CCCCC1)OC1C(NC(C)=O)[C@H](O[C@@H]2CC(C(=O)OC)CC2OC2O[C@@H](C)C(OCCCC)[C@H](OCCCC)[C@@H]2OCCCC)O[C@@H](COC(=O)c2ccccc2)[C@@H]1O. The number of amides is 1. The molecule has 2 aliphatic carbocycles. The number of carbonyl (C=O) groups is 4. The normalized spacial score (nSPS) is 30.9. The lowest BCUT2D eigenvalue weighted by atomic mass is 9.85. The molecule has 2 N–H and O–H groups in total. The zero-order valence-corrected chi connectivity index (χ0v) is 43.0. The van der Waals surface area contributed by atoms with Crippen molar-refractivity contribution >= 4 is 23.8 Å². The third kappa shape index (κ3) is 17.2. The van der Waals surface area contributed by atoms with Crippen molar-refractivity contribution in [3.63, 3.8) is 0 Å². The van der Waals surface area contributed by atoms with Crippen LogP contribution in [0.5, 0.6) is 0 Å².